The number of para-hydroxylation sites is 1. The van der Waals surface area contributed by atoms with Crippen LogP contribution in [0.3, 0.4) is 0 Å². The number of anilines is 1. The number of rotatable bonds is 0. The van der Waals surface area contributed by atoms with Gasteiger partial charge in [-0.05, 0) is 44.1 Å². The first-order valence-electron chi connectivity index (χ1n) is 8.89. The highest BCUT2D eigenvalue weighted by Crippen LogP contribution is 2.48. The molecular formula is C19H23N3O3S. The molecule has 0 bridgehead atoms. The van der Waals surface area contributed by atoms with Gasteiger partial charge in [0.2, 0.25) is 11.8 Å². The number of nitrogens with zero attached hydrogens (tertiary/aromatic N) is 3. The van der Waals surface area contributed by atoms with E-state index in [1.54, 1.807) is 14.1 Å². The van der Waals surface area contributed by atoms with Gasteiger partial charge in [-0.3, -0.25) is 19.4 Å². The summed E-state index contributed by atoms with van der Waals surface area (Å²) in [7, 11) is 3.30. The molecule has 0 aliphatic carbocycles. The molecule has 1 aromatic carbocycles. The van der Waals surface area contributed by atoms with Crippen molar-refractivity contribution >= 4 is 34.8 Å². The summed E-state index contributed by atoms with van der Waals surface area (Å²) in [6.45, 7) is 4.62. The molecule has 3 heterocycles. The summed E-state index contributed by atoms with van der Waals surface area (Å²) < 4.78 is 6.08. The van der Waals surface area contributed by atoms with E-state index in [0.717, 1.165) is 11.3 Å². The number of thiocarbonyl (C=S) groups is 1. The van der Waals surface area contributed by atoms with Crippen molar-refractivity contribution in [1.29, 1.82) is 0 Å². The SMILES string of the molecule is C[C@@H]1CN2c3ccccc3CC3(C(=O)N(C)C(=S)N(C)C3=O)[C@H]2[C@@H](C)O1. The van der Waals surface area contributed by atoms with Gasteiger partial charge in [0.1, 0.15) is 0 Å². The molecule has 138 valence electrons. The van der Waals surface area contributed by atoms with Crippen LogP contribution in [0.1, 0.15) is 19.4 Å². The van der Waals surface area contributed by atoms with Crippen molar-refractivity contribution in [1.82, 2.24) is 9.80 Å². The van der Waals surface area contributed by atoms with E-state index in [1.165, 1.54) is 9.80 Å². The van der Waals surface area contributed by atoms with E-state index >= 15 is 0 Å². The van der Waals surface area contributed by atoms with E-state index in [0.29, 0.717) is 13.0 Å². The van der Waals surface area contributed by atoms with Gasteiger partial charge in [-0.25, -0.2) is 0 Å². The maximum absolute atomic E-state index is 13.5. The standard InChI is InChI=1S/C19H23N3O3S/c1-11-10-22-14-8-6-5-7-13(14)9-19(15(22)12(2)25-11)16(23)20(3)18(26)21(4)17(19)24/h5-8,11-12,15H,9-10H2,1-4H3/t11-,12-,15-/m1/s1. The van der Waals surface area contributed by atoms with Gasteiger partial charge >= 0.3 is 0 Å². The van der Waals surface area contributed by atoms with Gasteiger partial charge in [-0.2, -0.15) is 0 Å². The summed E-state index contributed by atoms with van der Waals surface area (Å²) in [4.78, 5) is 32.0. The van der Waals surface area contributed by atoms with Gasteiger partial charge in [0.05, 0.1) is 18.2 Å². The smallest absolute Gasteiger partial charge is 0.246 e. The van der Waals surface area contributed by atoms with Crippen molar-refractivity contribution in [3.8, 4) is 0 Å². The minimum absolute atomic E-state index is 0.0230. The highest BCUT2D eigenvalue weighted by Gasteiger charge is 2.64. The zero-order chi connectivity index (χ0) is 18.8. The number of morpholine rings is 1. The van der Waals surface area contributed by atoms with Crippen molar-refractivity contribution in [2.24, 2.45) is 5.41 Å². The molecule has 3 atom stereocenters. The number of hydrogen-bond acceptors (Lipinski definition) is 5. The van der Waals surface area contributed by atoms with Crippen LogP contribution in [0.4, 0.5) is 5.69 Å². The summed E-state index contributed by atoms with van der Waals surface area (Å²) >= 11 is 5.30. The fourth-order valence-electron chi connectivity index (χ4n) is 4.88. The Balaban J connectivity index is 1.94. The van der Waals surface area contributed by atoms with Crippen LogP contribution in [-0.4, -0.2) is 65.6 Å². The first-order chi connectivity index (χ1) is 12.3. The van der Waals surface area contributed by atoms with E-state index in [-0.39, 0.29) is 35.2 Å². The molecule has 1 spiro atoms. The zero-order valence-electron chi connectivity index (χ0n) is 15.4. The third-order valence-corrected chi connectivity index (χ3v) is 6.45. The molecule has 3 aliphatic rings. The second-order valence-electron chi connectivity index (χ2n) is 7.54. The van der Waals surface area contributed by atoms with E-state index in [9.17, 15) is 9.59 Å². The maximum atomic E-state index is 13.5. The number of hydrogen-bond donors (Lipinski definition) is 0. The summed E-state index contributed by atoms with van der Waals surface area (Å²) in [6, 6.07) is 7.66. The lowest BCUT2D eigenvalue weighted by molar-refractivity contribution is -0.164. The van der Waals surface area contributed by atoms with Crippen molar-refractivity contribution in [3.05, 3.63) is 29.8 Å². The van der Waals surface area contributed by atoms with Gasteiger partial charge in [0, 0.05) is 26.3 Å². The quantitative estimate of drug-likeness (QED) is 0.509. The van der Waals surface area contributed by atoms with Crippen molar-refractivity contribution < 1.29 is 14.3 Å². The van der Waals surface area contributed by atoms with Crippen LogP contribution in [0.25, 0.3) is 0 Å². The average Bonchev–Trinajstić information content (AvgIpc) is 2.62. The van der Waals surface area contributed by atoms with Crippen molar-refractivity contribution in [2.75, 3.05) is 25.5 Å². The molecule has 2 amide bonds. The number of fused-ring (bicyclic) bond motifs is 4. The van der Waals surface area contributed by atoms with Crippen LogP contribution in [0.5, 0.6) is 0 Å². The third-order valence-electron chi connectivity index (χ3n) is 5.90. The molecule has 0 radical (unpaired) electrons. The van der Waals surface area contributed by atoms with Crippen LogP contribution in [0.15, 0.2) is 24.3 Å². The monoisotopic (exact) mass is 373 g/mol. The van der Waals surface area contributed by atoms with Crippen molar-refractivity contribution in [3.63, 3.8) is 0 Å². The van der Waals surface area contributed by atoms with E-state index in [1.807, 2.05) is 32.0 Å². The Kier molecular flexibility index (Phi) is 3.86. The fraction of sp³-hybridized carbons (Fsp3) is 0.526. The fourth-order valence-corrected chi connectivity index (χ4v) is 5.05. The number of carbonyl (C=O) groups is 2. The molecule has 0 unspecified atom stereocenters. The second kappa shape index (κ2) is 5.76. The first kappa shape index (κ1) is 17.4. The lowest BCUT2D eigenvalue weighted by atomic mass is 9.66. The number of carbonyl (C=O) groups excluding carboxylic acids is 2. The number of benzene rings is 1. The molecule has 2 fully saturated rings. The van der Waals surface area contributed by atoms with Gasteiger partial charge in [0.15, 0.2) is 10.5 Å². The normalized spacial score (nSPS) is 30.5. The number of amides is 2. The molecule has 0 aromatic heterocycles. The predicted octanol–water partition coefficient (Wildman–Crippen LogP) is 1.43. The van der Waals surface area contributed by atoms with E-state index < -0.39 is 5.41 Å². The molecule has 0 N–H and O–H groups in total. The molecule has 6 nitrogen and oxygen atoms in total. The van der Waals surface area contributed by atoms with Gasteiger partial charge in [-0.15, -0.1) is 0 Å². The molecule has 2 saturated heterocycles. The zero-order valence-corrected chi connectivity index (χ0v) is 16.2. The van der Waals surface area contributed by atoms with Gasteiger partial charge in [-0.1, -0.05) is 18.2 Å². The van der Waals surface area contributed by atoms with Crippen LogP contribution in [-0.2, 0) is 20.7 Å². The molecular weight excluding hydrogens is 350 g/mol. The second-order valence-corrected chi connectivity index (χ2v) is 7.90. The molecule has 7 heteroatoms. The van der Waals surface area contributed by atoms with Crippen LogP contribution in [0.2, 0.25) is 0 Å². The predicted molar refractivity (Wildman–Crippen MR) is 102 cm³/mol. The third kappa shape index (κ3) is 2.10. The summed E-state index contributed by atoms with van der Waals surface area (Å²) in [5.41, 5.74) is 0.880. The molecule has 1 aromatic rings. The molecule has 4 rings (SSSR count). The summed E-state index contributed by atoms with van der Waals surface area (Å²) in [5.74, 6) is -0.472. The maximum Gasteiger partial charge on any atom is 0.246 e. The summed E-state index contributed by atoms with van der Waals surface area (Å²) in [5, 5.41) is 0.244. The number of ether oxygens (including phenoxy) is 1. The van der Waals surface area contributed by atoms with Gasteiger partial charge in [0.25, 0.3) is 0 Å². The van der Waals surface area contributed by atoms with Crippen LogP contribution < -0.4 is 4.90 Å². The largest absolute Gasteiger partial charge is 0.372 e. The molecule has 0 saturated carbocycles. The minimum atomic E-state index is -1.22. The Labute approximate surface area is 158 Å². The lowest BCUT2D eigenvalue weighted by Gasteiger charge is -2.57. The van der Waals surface area contributed by atoms with Gasteiger partial charge < -0.3 is 9.64 Å². The van der Waals surface area contributed by atoms with Crippen LogP contribution in [0, 0.1) is 5.41 Å². The molecule has 26 heavy (non-hydrogen) atoms. The lowest BCUT2D eigenvalue weighted by Crippen LogP contribution is -2.75. The van der Waals surface area contributed by atoms with Crippen molar-refractivity contribution in [2.45, 2.75) is 38.5 Å². The minimum Gasteiger partial charge on any atom is -0.372 e. The Morgan fingerprint density at radius 3 is 2.38 bits per heavy atom. The Bertz CT molecular complexity index is 787. The highest BCUT2D eigenvalue weighted by atomic mass is 32.1. The van der Waals surface area contributed by atoms with E-state index in [4.69, 9.17) is 17.0 Å². The van der Waals surface area contributed by atoms with Crippen LogP contribution >= 0.6 is 12.2 Å². The van der Waals surface area contributed by atoms with E-state index in [2.05, 4.69) is 11.0 Å². The summed E-state index contributed by atoms with van der Waals surface area (Å²) in [6.07, 6.45) is 0.129. The Morgan fingerprint density at radius 2 is 1.73 bits per heavy atom. The first-order valence-corrected chi connectivity index (χ1v) is 9.30. The molecule has 3 aliphatic heterocycles. The Morgan fingerprint density at radius 1 is 1.12 bits per heavy atom. The Hall–Kier alpha value is -1.99. The highest BCUT2D eigenvalue weighted by molar-refractivity contribution is 7.80. The average molecular weight is 373 g/mol. The topological polar surface area (TPSA) is 53.1 Å².